The number of aryl methyl sites for hydroxylation is 1. The highest BCUT2D eigenvalue weighted by molar-refractivity contribution is 7.99. The van der Waals surface area contributed by atoms with E-state index in [2.05, 4.69) is 34.3 Å². The quantitative estimate of drug-likeness (QED) is 0.318. The molecule has 0 bridgehead atoms. The number of hydrogen-bond donors (Lipinski definition) is 2. The molecule has 2 aromatic carbocycles. The first-order chi connectivity index (χ1) is 16.5. The fourth-order valence-electron chi connectivity index (χ4n) is 4.33. The Balaban J connectivity index is 1.22. The van der Waals surface area contributed by atoms with Crippen molar-refractivity contribution in [1.29, 1.82) is 0 Å². The first-order valence-electron chi connectivity index (χ1n) is 11.9. The van der Waals surface area contributed by atoms with Crippen molar-refractivity contribution in [3.63, 3.8) is 0 Å². The first-order valence-corrected chi connectivity index (χ1v) is 13.5. The summed E-state index contributed by atoms with van der Waals surface area (Å²) in [6.07, 6.45) is 2.89. The second-order valence-electron chi connectivity index (χ2n) is 8.83. The largest absolute Gasteiger partial charge is 0.332 e. The molecule has 1 fully saturated rings. The molecule has 6 nitrogen and oxygen atoms in total. The summed E-state index contributed by atoms with van der Waals surface area (Å²) >= 11 is 7.39. The molecule has 8 heteroatoms. The van der Waals surface area contributed by atoms with Crippen molar-refractivity contribution in [3.8, 4) is 0 Å². The van der Waals surface area contributed by atoms with Gasteiger partial charge in [-0.1, -0.05) is 30.7 Å². The molecule has 0 atom stereocenters. The predicted octanol–water partition coefficient (Wildman–Crippen LogP) is 5.12. The fourth-order valence-corrected chi connectivity index (χ4v) is 5.59. The van der Waals surface area contributed by atoms with Crippen LogP contribution in [0.1, 0.15) is 36.8 Å². The van der Waals surface area contributed by atoms with Crippen LogP contribution in [0.15, 0.2) is 47.3 Å². The molecule has 2 heterocycles. The van der Waals surface area contributed by atoms with Crippen LogP contribution >= 0.6 is 24.0 Å². The summed E-state index contributed by atoms with van der Waals surface area (Å²) in [7, 11) is 0. The molecule has 0 saturated carbocycles. The molecule has 0 spiro atoms. The van der Waals surface area contributed by atoms with Gasteiger partial charge in [0.25, 0.3) is 5.56 Å². The zero-order chi connectivity index (χ0) is 23.9. The first kappa shape index (κ1) is 24.7. The van der Waals surface area contributed by atoms with Gasteiger partial charge >= 0.3 is 0 Å². The maximum atomic E-state index is 12.7. The van der Waals surface area contributed by atoms with Crippen LogP contribution in [0.25, 0.3) is 10.9 Å². The van der Waals surface area contributed by atoms with Crippen LogP contribution in [-0.4, -0.2) is 45.0 Å². The lowest BCUT2D eigenvalue weighted by atomic mass is 10.1. The van der Waals surface area contributed by atoms with Gasteiger partial charge in [-0.3, -0.25) is 19.1 Å². The normalized spacial score (nSPS) is 14.4. The molecule has 34 heavy (non-hydrogen) atoms. The van der Waals surface area contributed by atoms with Gasteiger partial charge in [0.1, 0.15) is 0 Å². The topological polar surface area (TPSA) is 70.1 Å². The Labute approximate surface area is 209 Å². The second-order valence-corrected chi connectivity index (χ2v) is 10.4. The van der Waals surface area contributed by atoms with Gasteiger partial charge in [0.05, 0.1) is 10.9 Å². The maximum Gasteiger partial charge on any atom is 0.262 e. The third kappa shape index (κ3) is 6.37. The Morgan fingerprint density at radius 3 is 2.71 bits per heavy atom. The lowest BCUT2D eigenvalue weighted by molar-refractivity contribution is -0.116. The summed E-state index contributed by atoms with van der Waals surface area (Å²) in [5.74, 6) is 2.45. The zero-order valence-electron chi connectivity index (χ0n) is 19.6. The standard InChI is InChI=1S/C26H32N4O2S2/c1-19-17-20(18-29-13-15-34-16-14-29)10-11-22(19)27-24(31)9-3-2-6-12-30-25(32)21-7-4-5-8-23(21)28-26(30)33/h4-5,7-8,10-11,17H,2-3,6,9,12-16,18H2,1H3,(H,27,31)(H,28,33). The van der Waals surface area contributed by atoms with Crippen LogP contribution in [0.5, 0.6) is 0 Å². The fraction of sp³-hybridized carbons (Fsp3) is 0.423. The van der Waals surface area contributed by atoms with E-state index in [1.54, 1.807) is 4.57 Å². The molecule has 0 aliphatic carbocycles. The van der Waals surface area contributed by atoms with Crippen molar-refractivity contribution in [2.24, 2.45) is 0 Å². The van der Waals surface area contributed by atoms with Crippen LogP contribution in [0.2, 0.25) is 0 Å². The van der Waals surface area contributed by atoms with Gasteiger partial charge in [0, 0.05) is 49.8 Å². The van der Waals surface area contributed by atoms with Crippen molar-refractivity contribution in [3.05, 3.63) is 68.7 Å². The molecule has 1 saturated heterocycles. The number of anilines is 1. The molecule has 1 aliphatic rings. The van der Waals surface area contributed by atoms with E-state index in [1.807, 2.05) is 42.1 Å². The van der Waals surface area contributed by atoms with Crippen LogP contribution in [0, 0.1) is 11.7 Å². The Kier molecular flexibility index (Phi) is 8.59. The number of hydrogen-bond acceptors (Lipinski definition) is 5. The van der Waals surface area contributed by atoms with Crippen LogP contribution in [-0.2, 0) is 17.9 Å². The number of amides is 1. The van der Waals surface area contributed by atoms with Crippen LogP contribution < -0.4 is 10.9 Å². The average Bonchev–Trinajstić information content (AvgIpc) is 2.83. The van der Waals surface area contributed by atoms with Gasteiger partial charge in [-0.2, -0.15) is 11.8 Å². The smallest absolute Gasteiger partial charge is 0.262 e. The maximum absolute atomic E-state index is 12.7. The van der Waals surface area contributed by atoms with E-state index in [0.717, 1.165) is 55.7 Å². The molecule has 180 valence electrons. The van der Waals surface area contributed by atoms with E-state index < -0.39 is 0 Å². The van der Waals surface area contributed by atoms with Crippen LogP contribution in [0.3, 0.4) is 0 Å². The lowest BCUT2D eigenvalue weighted by Crippen LogP contribution is -2.31. The van der Waals surface area contributed by atoms with Gasteiger partial charge in [-0.25, -0.2) is 0 Å². The number of para-hydroxylation sites is 1. The number of H-pyrrole nitrogens is 1. The number of rotatable bonds is 9. The number of nitrogens with one attached hydrogen (secondary N) is 2. The van der Waals surface area contributed by atoms with Crippen molar-refractivity contribution in [2.75, 3.05) is 29.9 Å². The number of nitrogens with zero attached hydrogens (tertiary/aromatic N) is 2. The third-order valence-corrected chi connectivity index (χ3v) is 7.51. The minimum Gasteiger partial charge on any atom is -0.332 e. The summed E-state index contributed by atoms with van der Waals surface area (Å²) < 4.78 is 2.06. The SMILES string of the molecule is Cc1cc(CN2CCSCC2)ccc1NC(=O)CCCCCn1c(=S)[nH]c2ccccc2c1=O. The predicted molar refractivity (Wildman–Crippen MR) is 144 cm³/mol. The third-order valence-electron chi connectivity index (χ3n) is 6.25. The van der Waals surface area contributed by atoms with Crippen molar-refractivity contribution >= 4 is 46.5 Å². The molecular formula is C26H32N4O2S2. The molecule has 0 radical (unpaired) electrons. The van der Waals surface area contributed by atoms with Gasteiger partial charge in [-0.15, -0.1) is 0 Å². The second kappa shape index (κ2) is 11.8. The lowest BCUT2D eigenvalue weighted by Gasteiger charge is -2.26. The van der Waals surface area contributed by atoms with Crippen molar-refractivity contribution < 1.29 is 4.79 Å². The molecule has 1 amide bonds. The van der Waals surface area contributed by atoms with E-state index in [9.17, 15) is 9.59 Å². The van der Waals surface area contributed by atoms with E-state index in [0.29, 0.717) is 23.1 Å². The molecule has 0 unspecified atom stereocenters. The van der Waals surface area contributed by atoms with E-state index in [1.165, 1.54) is 17.1 Å². The number of benzene rings is 2. The highest BCUT2D eigenvalue weighted by Crippen LogP contribution is 2.20. The van der Waals surface area contributed by atoms with E-state index in [4.69, 9.17) is 12.2 Å². The average molecular weight is 497 g/mol. The van der Waals surface area contributed by atoms with Gasteiger partial charge in [0.15, 0.2) is 4.77 Å². The summed E-state index contributed by atoms with van der Waals surface area (Å²) in [5, 5.41) is 3.70. The highest BCUT2D eigenvalue weighted by Gasteiger charge is 2.12. The van der Waals surface area contributed by atoms with Gasteiger partial charge in [-0.05, 0) is 61.3 Å². The Bertz CT molecular complexity index is 1260. The van der Waals surface area contributed by atoms with Gasteiger partial charge < -0.3 is 10.3 Å². The van der Waals surface area contributed by atoms with Gasteiger partial charge in [0.2, 0.25) is 5.91 Å². The minimum atomic E-state index is -0.0600. The molecular weight excluding hydrogens is 464 g/mol. The number of unbranched alkanes of at least 4 members (excludes halogenated alkanes) is 2. The summed E-state index contributed by atoms with van der Waals surface area (Å²) in [4.78, 5) is 30.8. The minimum absolute atomic E-state index is 0.0315. The summed E-state index contributed by atoms with van der Waals surface area (Å²) in [5.41, 5.74) is 3.98. The number of fused-ring (bicyclic) bond motifs is 1. The van der Waals surface area contributed by atoms with E-state index >= 15 is 0 Å². The number of carbonyl (C=O) groups is 1. The highest BCUT2D eigenvalue weighted by atomic mass is 32.2. The molecule has 4 rings (SSSR count). The van der Waals surface area contributed by atoms with Crippen molar-refractivity contribution in [2.45, 2.75) is 45.7 Å². The summed E-state index contributed by atoms with van der Waals surface area (Å²) in [6, 6.07) is 13.7. The molecule has 2 N–H and O–H groups in total. The van der Waals surface area contributed by atoms with Crippen LogP contribution in [0.4, 0.5) is 5.69 Å². The number of thioether (sulfide) groups is 1. The number of aromatic amines is 1. The Morgan fingerprint density at radius 1 is 1.12 bits per heavy atom. The Hall–Kier alpha value is -2.42. The molecule has 3 aromatic rings. The molecule has 1 aliphatic heterocycles. The number of carbonyl (C=O) groups excluding carboxylic acids is 1. The van der Waals surface area contributed by atoms with Crippen molar-refractivity contribution in [1.82, 2.24) is 14.5 Å². The molecule has 1 aromatic heterocycles. The zero-order valence-corrected chi connectivity index (χ0v) is 21.3. The number of aromatic nitrogens is 2. The summed E-state index contributed by atoms with van der Waals surface area (Å²) in [6.45, 7) is 5.86. The monoisotopic (exact) mass is 496 g/mol. The Morgan fingerprint density at radius 2 is 1.91 bits per heavy atom. The van der Waals surface area contributed by atoms with E-state index in [-0.39, 0.29) is 11.5 Å².